The Bertz CT molecular complexity index is 540. The summed E-state index contributed by atoms with van der Waals surface area (Å²) >= 11 is 0. The van der Waals surface area contributed by atoms with Gasteiger partial charge < -0.3 is 14.8 Å². The maximum absolute atomic E-state index is 5.26. The molecule has 19 heavy (non-hydrogen) atoms. The predicted molar refractivity (Wildman–Crippen MR) is 69.1 cm³/mol. The van der Waals surface area contributed by atoms with Crippen LogP contribution in [0, 0.1) is 6.92 Å². The fourth-order valence-corrected chi connectivity index (χ4v) is 1.73. The summed E-state index contributed by atoms with van der Waals surface area (Å²) < 4.78 is 15.1. The smallest absolute Gasteiger partial charge is 0.161 e. The van der Waals surface area contributed by atoms with Crippen molar-refractivity contribution in [1.29, 1.82) is 0 Å². The van der Waals surface area contributed by atoms with E-state index in [4.69, 9.17) is 9.47 Å². The lowest BCUT2D eigenvalue weighted by molar-refractivity contribution is 0.300. The highest BCUT2D eigenvalue weighted by Gasteiger charge is 2.06. The van der Waals surface area contributed by atoms with Crippen molar-refractivity contribution in [2.45, 2.75) is 20.0 Å². The first-order valence-electron chi connectivity index (χ1n) is 5.94. The molecule has 0 atom stereocenters. The van der Waals surface area contributed by atoms with Crippen molar-refractivity contribution in [3.05, 3.63) is 35.2 Å². The first-order chi connectivity index (χ1) is 9.24. The monoisotopic (exact) mass is 263 g/mol. The van der Waals surface area contributed by atoms with Gasteiger partial charge in [0.1, 0.15) is 11.4 Å². The molecule has 1 N–H and O–H groups in total. The highest BCUT2D eigenvalue weighted by Crippen LogP contribution is 2.27. The second kappa shape index (κ2) is 6.19. The van der Waals surface area contributed by atoms with Crippen molar-refractivity contribution in [1.82, 2.24) is 15.6 Å². The number of hydrogen-bond acceptors (Lipinski definition) is 6. The SMILES string of the molecule is COc1ccc(CNCc2nonc2C)cc1OC. The second-order valence-corrected chi connectivity index (χ2v) is 4.09. The first-order valence-corrected chi connectivity index (χ1v) is 5.94. The molecule has 0 bridgehead atoms. The van der Waals surface area contributed by atoms with Crippen LogP contribution in [-0.2, 0) is 13.1 Å². The van der Waals surface area contributed by atoms with Crippen LogP contribution in [-0.4, -0.2) is 24.5 Å². The van der Waals surface area contributed by atoms with Gasteiger partial charge in [0.2, 0.25) is 0 Å². The van der Waals surface area contributed by atoms with E-state index in [-0.39, 0.29) is 0 Å². The first kappa shape index (κ1) is 13.4. The van der Waals surface area contributed by atoms with Crippen molar-refractivity contribution in [2.24, 2.45) is 0 Å². The molecule has 6 heteroatoms. The normalized spacial score (nSPS) is 10.5. The van der Waals surface area contributed by atoms with Crippen LogP contribution in [0.5, 0.6) is 11.5 Å². The molecular formula is C13H17N3O3. The van der Waals surface area contributed by atoms with Crippen molar-refractivity contribution in [2.75, 3.05) is 14.2 Å². The van der Waals surface area contributed by atoms with Crippen LogP contribution in [0.2, 0.25) is 0 Å². The zero-order chi connectivity index (χ0) is 13.7. The van der Waals surface area contributed by atoms with Gasteiger partial charge in [0.05, 0.1) is 14.2 Å². The van der Waals surface area contributed by atoms with Crippen molar-refractivity contribution < 1.29 is 14.1 Å². The van der Waals surface area contributed by atoms with Crippen LogP contribution in [0.25, 0.3) is 0 Å². The molecule has 0 unspecified atom stereocenters. The third-order valence-corrected chi connectivity index (χ3v) is 2.82. The molecular weight excluding hydrogens is 246 g/mol. The Hall–Kier alpha value is -2.08. The Morgan fingerprint density at radius 1 is 1.11 bits per heavy atom. The molecule has 102 valence electrons. The Morgan fingerprint density at radius 3 is 2.53 bits per heavy atom. The van der Waals surface area contributed by atoms with E-state index in [2.05, 4.69) is 20.3 Å². The summed E-state index contributed by atoms with van der Waals surface area (Å²) in [5.74, 6) is 1.45. The zero-order valence-corrected chi connectivity index (χ0v) is 11.3. The van der Waals surface area contributed by atoms with E-state index in [1.165, 1.54) is 0 Å². The number of aromatic nitrogens is 2. The number of aryl methyl sites for hydroxylation is 1. The van der Waals surface area contributed by atoms with E-state index in [1.54, 1.807) is 14.2 Å². The number of rotatable bonds is 6. The minimum Gasteiger partial charge on any atom is -0.493 e. The Balaban J connectivity index is 1.94. The minimum atomic E-state index is 0.615. The number of ether oxygens (including phenoxy) is 2. The van der Waals surface area contributed by atoms with Crippen LogP contribution < -0.4 is 14.8 Å². The van der Waals surface area contributed by atoms with Gasteiger partial charge in [-0.25, -0.2) is 4.63 Å². The van der Waals surface area contributed by atoms with Crippen LogP contribution in [0.1, 0.15) is 17.0 Å². The minimum absolute atomic E-state index is 0.615. The van der Waals surface area contributed by atoms with Crippen molar-refractivity contribution in [3.8, 4) is 11.5 Å². The molecule has 2 aromatic rings. The molecule has 2 rings (SSSR count). The van der Waals surface area contributed by atoms with Gasteiger partial charge in [-0.05, 0) is 24.6 Å². The lowest BCUT2D eigenvalue weighted by Crippen LogP contribution is -2.13. The summed E-state index contributed by atoms with van der Waals surface area (Å²) in [6.45, 7) is 3.18. The summed E-state index contributed by atoms with van der Waals surface area (Å²) in [5, 5.41) is 10.8. The van der Waals surface area contributed by atoms with Gasteiger partial charge >= 0.3 is 0 Å². The van der Waals surface area contributed by atoms with Crippen molar-refractivity contribution in [3.63, 3.8) is 0 Å². The third-order valence-electron chi connectivity index (χ3n) is 2.82. The lowest BCUT2D eigenvalue weighted by Gasteiger charge is -2.09. The summed E-state index contributed by atoms with van der Waals surface area (Å²) in [5.41, 5.74) is 2.73. The van der Waals surface area contributed by atoms with E-state index in [0.29, 0.717) is 13.1 Å². The molecule has 1 aromatic carbocycles. The number of benzene rings is 1. The van der Waals surface area contributed by atoms with Gasteiger partial charge in [-0.3, -0.25) is 0 Å². The Kier molecular flexibility index (Phi) is 4.35. The third kappa shape index (κ3) is 3.23. The lowest BCUT2D eigenvalue weighted by atomic mass is 10.2. The van der Waals surface area contributed by atoms with E-state index in [0.717, 1.165) is 28.5 Å². The Labute approximate surface area is 111 Å². The molecule has 0 amide bonds. The summed E-state index contributed by atoms with van der Waals surface area (Å²) in [7, 11) is 3.25. The topological polar surface area (TPSA) is 69.4 Å². The number of methoxy groups -OCH3 is 2. The van der Waals surface area contributed by atoms with Crippen LogP contribution in [0.3, 0.4) is 0 Å². The molecule has 0 aliphatic heterocycles. The van der Waals surface area contributed by atoms with E-state index in [9.17, 15) is 0 Å². The van der Waals surface area contributed by atoms with Gasteiger partial charge in [0, 0.05) is 13.1 Å². The van der Waals surface area contributed by atoms with Gasteiger partial charge in [-0.15, -0.1) is 0 Å². The van der Waals surface area contributed by atoms with Gasteiger partial charge in [0.25, 0.3) is 0 Å². The quantitative estimate of drug-likeness (QED) is 0.855. The molecule has 0 fully saturated rings. The molecule has 0 saturated heterocycles. The van der Waals surface area contributed by atoms with Crippen molar-refractivity contribution >= 4 is 0 Å². The summed E-state index contributed by atoms with van der Waals surface area (Å²) in [4.78, 5) is 0. The van der Waals surface area contributed by atoms with Crippen LogP contribution >= 0.6 is 0 Å². The average Bonchev–Trinajstić information content (AvgIpc) is 2.84. The van der Waals surface area contributed by atoms with Crippen LogP contribution in [0.4, 0.5) is 0 Å². The molecule has 1 heterocycles. The van der Waals surface area contributed by atoms with Crippen LogP contribution in [0.15, 0.2) is 22.8 Å². The molecule has 0 spiro atoms. The predicted octanol–water partition coefficient (Wildman–Crippen LogP) is 1.69. The highest BCUT2D eigenvalue weighted by molar-refractivity contribution is 5.42. The zero-order valence-electron chi connectivity index (χ0n) is 11.3. The van der Waals surface area contributed by atoms with E-state index < -0.39 is 0 Å². The van der Waals surface area contributed by atoms with E-state index in [1.807, 2.05) is 25.1 Å². The average molecular weight is 263 g/mol. The molecule has 0 aliphatic carbocycles. The second-order valence-electron chi connectivity index (χ2n) is 4.09. The largest absolute Gasteiger partial charge is 0.493 e. The molecule has 0 radical (unpaired) electrons. The van der Waals surface area contributed by atoms with Gasteiger partial charge in [0.15, 0.2) is 11.5 Å². The fourth-order valence-electron chi connectivity index (χ4n) is 1.73. The number of nitrogens with zero attached hydrogens (tertiary/aromatic N) is 2. The van der Waals surface area contributed by atoms with Gasteiger partial charge in [-0.1, -0.05) is 16.4 Å². The summed E-state index contributed by atoms with van der Waals surface area (Å²) in [6.07, 6.45) is 0. The number of nitrogens with one attached hydrogen (secondary N) is 1. The maximum atomic E-state index is 5.26. The van der Waals surface area contributed by atoms with E-state index >= 15 is 0 Å². The molecule has 0 saturated carbocycles. The maximum Gasteiger partial charge on any atom is 0.161 e. The fraction of sp³-hybridized carbons (Fsp3) is 0.385. The summed E-state index contributed by atoms with van der Waals surface area (Å²) in [6, 6.07) is 5.82. The molecule has 6 nitrogen and oxygen atoms in total. The Morgan fingerprint density at radius 2 is 1.89 bits per heavy atom. The standard InChI is InChI=1S/C13H17N3O3/c1-9-11(16-19-15-9)8-14-7-10-4-5-12(17-2)13(6-10)18-3/h4-6,14H,7-8H2,1-3H3. The number of hydrogen-bond donors (Lipinski definition) is 1. The van der Waals surface area contributed by atoms with Gasteiger partial charge in [-0.2, -0.15) is 0 Å². The highest BCUT2D eigenvalue weighted by atomic mass is 16.6. The molecule has 0 aliphatic rings. The molecule has 1 aromatic heterocycles.